The van der Waals surface area contributed by atoms with Gasteiger partial charge in [0, 0.05) is 97.4 Å². The summed E-state index contributed by atoms with van der Waals surface area (Å²) in [4.78, 5) is 42.0. The minimum atomic E-state index is -3.80. The minimum absolute atomic E-state index is 0.00348. The second kappa shape index (κ2) is 53.2. The molecule has 0 radical (unpaired) electrons. The van der Waals surface area contributed by atoms with Gasteiger partial charge in [0.05, 0.1) is 85.4 Å². The Labute approximate surface area is 838 Å². The number of halogens is 2. The van der Waals surface area contributed by atoms with Gasteiger partial charge in [-0.15, -0.1) is 0 Å². The zero-order chi connectivity index (χ0) is 103. The van der Waals surface area contributed by atoms with Gasteiger partial charge in [-0.2, -0.15) is 0 Å². The number of allylic oxidation sites excluding steroid dienone is 12. The van der Waals surface area contributed by atoms with Crippen LogP contribution in [0.4, 0.5) is 5.69 Å². The molecule has 0 spiro atoms. The monoisotopic (exact) mass is 2120 g/mol. The molecule has 14 N–H and O–H groups in total. The van der Waals surface area contributed by atoms with Crippen molar-refractivity contribution in [1.29, 1.82) is 0 Å². The lowest BCUT2D eigenvalue weighted by Crippen LogP contribution is -2.12. The Morgan fingerprint density at radius 2 is 0.610 bits per heavy atom. The van der Waals surface area contributed by atoms with Crippen molar-refractivity contribution in [3.8, 4) is 69.0 Å². The zero-order valence-corrected chi connectivity index (χ0v) is 86.7. The van der Waals surface area contributed by atoms with E-state index in [-0.39, 0.29) is 142 Å². The van der Waals surface area contributed by atoms with Crippen LogP contribution in [0.1, 0.15) is 185 Å². The van der Waals surface area contributed by atoms with E-state index in [9.17, 15) is 80.8 Å². The number of benzene rings is 9. The topological polar surface area (TPSA) is 501 Å². The average molecular weight is 2130 g/mol. The van der Waals surface area contributed by atoms with Crippen molar-refractivity contribution in [2.24, 2.45) is 10.3 Å². The number of aliphatic hydroxyl groups excluding tert-OH is 3. The third-order valence-electron chi connectivity index (χ3n) is 22.3. The molecule has 1 atom stereocenters. The molecule has 35 heteroatoms. The van der Waals surface area contributed by atoms with Crippen LogP contribution in [0, 0.1) is 0 Å². The summed E-state index contributed by atoms with van der Waals surface area (Å²) in [5, 5.41) is 107. The van der Waals surface area contributed by atoms with Crippen LogP contribution in [0.3, 0.4) is 0 Å². The Morgan fingerprint density at radius 3 is 0.922 bits per heavy atom. The van der Waals surface area contributed by atoms with E-state index < -0.39 is 55.4 Å². The number of anilines is 1. The van der Waals surface area contributed by atoms with Crippen molar-refractivity contribution in [3.05, 3.63) is 260 Å². The van der Waals surface area contributed by atoms with Gasteiger partial charge in [-0.05, 0) is 262 Å². The van der Waals surface area contributed by atoms with Gasteiger partial charge in [0.25, 0.3) is 0 Å². The Hall–Kier alpha value is -12.0. The number of fused-ring (bicyclic) bond motifs is 6. The van der Waals surface area contributed by atoms with Crippen molar-refractivity contribution >= 4 is 135 Å². The largest absolute Gasteiger partial charge is 0.755 e. The van der Waals surface area contributed by atoms with Crippen molar-refractivity contribution in [2.45, 2.75) is 203 Å². The van der Waals surface area contributed by atoms with Crippen LogP contribution in [-0.2, 0) is 89.7 Å². The summed E-state index contributed by atoms with van der Waals surface area (Å²) in [5.74, 6) is 1.77. The fourth-order valence-corrected chi connectivity index (χ4v) is 17.1. The normalized spacial score (nSPS) is 11.5. The molecule has 0 aliphatic heterocycles. The summed E-state index contributed by atoms with van der Waals surface area (Å²) < 4.78 is 123. The average Bonchev–Trinajstić information content (AvgIpc) is 0.742. The van der Waals surface area contributed by atoms with Crippen molar-refractivity contribution < 1.29 is 113 Å². The van der Waals surface area contributed by atoms with E-state index in [0.717, 1.165) is 69.8 Å². The molecule has 12 aromatic rings. The molecule has 758 valence electrons. The van der Waals surface area contributed by atoms with E-state index in [2.05, 4.69) is 36.6 Å². The number of sulfonamides is 2. The Kier molecular flexibility index (Phi) is 42.5. The predicted molar refractivity (Wildman–Crippen MR) is 559 cm³/mol. The van der Waals surface area contributed by atoms with Crippen LogP contribution in [0.2, 0.25) is 0 Å². The van der Waals surface area contributed by atoms with E-state index in [0.29, 0.717) is 174 Å². The van der Waals surface area contributed by atoms with Gasteiger partial charge >= 0.3 is 0 Å². The summed E-state index contributed by atoms with van der Waals surface area (Å²) >= 11 is 4.48. The third-order valence-corrected chi connectivity index (χ3v) is 25.7. The predicted octanol–water partition coefficient (Wildman–Crippen LogP) is 20.4. The maximum Gasteiger partial charge on any atom is 0.238 e. The molecule has 3 heterocycles. The number of nitrogens with two attached hydrogens (primary N) is 2. The third kappa shape index (κ3) is 31.0. The second-order valence-electron chi connectivity index (χ2n) is 34.8. The van der Waals surface area contributed by atoms with E-state index >= 15 is 0 Å². The van der Waals surface area contributed by atoms with Gasteiger partial charge in [0.2, 0.25) is 36.3 Å². The van der Waals surface area contributed by atoms with Crippen molar-refractivity contribution in [2.75, 3.05) is 55.0 Å². The van der Waals surface area contributed by atoms with Gasteiger partial charge in [0.1, 0.15) is 119 Å². The molecule has 0 saturated carbocycles. The van der Waals surface area contributed by atoms with E-state index in [1.807, 2.05) is 120 Å². The van der Waals surface area contributed by atoms with Crippen molar-refractivity contribution in [3.63, 3.8) is 0 Å². The number of aromatic hydroxyl groups is 6. The van der Waals surface area contributed by atoms with Crippen LogP contribution < -0.4 is 59.7 Å². The number of hydrogen-bond donors (Lipinski definition) is 12. The molecule has 12 rings (SSSR count). The number of ether oxygens (including phenoxy) is 6. The summed E-state index contributed by atoms with van der Waals surface area (Å²) in [6, 6.07) is 26.6. The highest BCUT2D eigenvalue weighted by molar-refractivity contribution is 9.09. The maximum atomic E-state index is 14.5. The number of primary sulfonamides is 2. The number of nitrogens with one attached hydrogen (secondary N) is 1. The number of hydrogen-bond acceptors (Lipinski definition) is 27. The number of rotatable bonds is 43. The standard InChI is InChI=1S/C44H52N2O12S2.C32H40Br2O6.C24H26O6.C6H7NO3S/c1-28(2)9-19-34-36(27-47)38(57-24-8-6-21-54-31-13-11-30(12-14-31)46-59(50)51)26-39-41(34)44(49)42-40(58-39)25-37(35(43(42)48)20-10-29(3)4)56-23-7-5-22-55-32-15-17-33(18-16-32)60(45,52)53;1-20(2)9-11-22-24(19-35)26(39-16-8-6-14-34)18-27-29(22)32(37)30-28(40-27)17-25(38-15-7-5-13-33)23(31(30)36)12-10-21(3)4;1-12(2)5-7-14-16(11-25)18(27)10-19-21(14)24(29)22-20(30-19)9-17(26)15(23(22)28)8-6-13(3)4;7-11(9,10)6-3-1-5(8)2-4-6/h9-18,25-26,46-48H,5-8,19-24,27H2,1-4H3,(H,50,51)(H2,45,52,53);9-10,17-18,35-36H,5-8,11-16,19H2,1-4H3;5-6,9-10,25-28H,7-8,11H2,1-4H3;1-4,8H,(H2,7,9,10)/p-1. The number of alkyl halides is 2. The Morgan fingerprint density at radius 1 is 0.355 bits per heavy atom. The number of aliphatic hydroxyl groups is 3. The molecule has 0 saturated heterocycles. The lowest BCUT2D eigenvalue weighted by molar-refractivity contribution is 0.249. The maximum absolute atomic E-state index is 14.5. The molecule has 0 aliphatic carbocycles. The lowest BCUT2D eigenvalue weighted by Gasteiger charge is -2.18. The number of phenolic OH excluding ortho intramolecular Hbond substituents is 5. The highest BCUT2D eigenvalue weighted by atomic mass is 79.9. The Balaban J connectivity index is 0.000000235. The van der Waals surface area contributed by atoms with Gasteiger partial charge in [-0.3, -0.25) is 18.6 Å². The molecule has 1 unspecified atom stereocenters. The first-order valence-electron chi connectivity index (χ1n) is 45.7. The zero-order valence-electron chi connectivity index (χ0n) is 81.0. The van der Waals surface area contributed by atoms with Crippen LogP contribution in [0.5, 0.6) is 69.0 Å². The molecule has 0 aliphatic rings. The van der Waals surface area contributed by atoms with Crippen LogP contribution in [-0.4, -0.2) is 122 Å². The van der Waals surface area contributed by atoms with Crippen LogP contribution in [0.15, 0.2) is 217 Å². The van der Waals surface area contributed by atoms with Gasteiger partial charge in [0.15, 0.2) is 0 Å². The lowest BCUT2D eigenvalue weighted by atomic mass is 9.95. The highest BCUT2D eigenvalue weighted by Gasteiger charge is 2.29. The van der Waals surface area contributed by atoms with Crippen LogP contribution >= 0.6 is 31.9 Å². The van der Waals surface area contributed by atoms with E-state index in [1.54, 1.807) is 48.5 Å². The van der Waals surface area contributed by atoms with E-state index in [1.165, 1.54) is 60.7 Å². The highest BCUT2D eigenvalue weighted by Crippen LogP contribution is 2.44. The van der Waals surface area contributed by atoms with Gasteiger partial charge in [-0.25, -0.2) is 27.1 Å². The second-order valence-corrected chi connectivity index (χ2v) is 40.2. The quantitative estimate of drug-likeness (QED) is 0.00555. The number of unbranched alkanes of at least 4 members (excludes halogenated alkanes) is 4. The molecular formula is C106H124Br2N3O27S3-. The first-order valence-corrected chi connectivity index (χ1v) is 52.2. The van der Waals surface area contributed by atoms with Gasteiger partial charge in [-0.1, -0.05) is 102 Å². The summed E-state index contributed by atoms with van der Waals surface area (Å²) in [7, 11) is -7.43. The van der Waals surface area contributed by atoms with Gasteiger partial charge < -0.3 is 96.9 Å². The van der Waals surface area contributed by atoms with Crippen LogP contribution in [0.25, 0.3) is 65.8 Å². The fraction of sp³-hybridized carbons (Fsp3) is 0.349. The smallest absolute Gasteiger partial charge is 0.238 e. The molecule has 9 aromatic carbocycles. The molecule has 0 bridgehead atoms. The minimum Gasteiger partial charge on any atom is -0.755 e. The molecule has 0 amide bonds. The summed E-state index contributed by atoms with van der Waals surface area (Å²) in [6.45, 7) is 24.4. The fourth-order valence-electron chi connectivity index (χ4n) is 14.9. The first-order chi connectivity index (χ1) is 67.0. The molecule has 0 fully saturated rings. The number of phenols is 6. The molecule has 141 heavy (non-hydrogen) atoms. The molecular weight excluding hydrogens is 2000 g/mol. The molecule has 30 nitrogen and oxygen atoms in total. The first kappa shape index (κ1) is 113. The summed E-state index contributed by atoms with van der Waals surface area (Å²) in [5.41, 5.74) is 10.6. The molecule has 3 aromatic heterocycles. The summed E-state index contributed by atoms with van der Waals surface area (Å²) in [6.07, 6.45) is 19.7. The van der Waals surface area contributed by atoms with Crippen molar-refractivity contribution in [1.82, 2.24) is 0 Å². The SMILES string of the molecule is CC(C)=CCc1c(O)cc2oc3cc(O)c(CO)c(CC=C(C)C)c3c(=O)c2c1O.CC(C)=CCc1c(OCCCCBr)cc2oc3cc(OCCCCBr)c(CO)c(CC=C(C)C)c3c(=O)c2c1O.CC(C)=CCc1c(OCCCCOc2ccc(S(N)(=O)=O)cc2)cc2oc3cc(OCCCCOc4ccc(NS(=O)[O-])cc4)c(CO)c(CC=C(C)C)c3c(=O)c2c1O.NS(=O)(=O)c1ccc(O)cc1. The van der Waals surface area contributed by atoms with E-state index in [4.69, 9.17) is 57.1 Å². The Bertz CT molecular complexity index is 7100.